The molecule has 0 N–H and O–H groups in total. The van der Waals surface area contributed by atoms with E-state index in [-0.39, 0.29) is 17.1 Å². The lowest BCUT2D eigenvalue weighted by Gasteiger charge is -2.24. The molecular formula is C25H20N2O3. The van der Waals surface area contributed by atoms with Crippen molar-refractivity contribution >= 4 is 22.7 Å². The zero-order valence-corrected chi connectivity index (χ0v) is 17.0. The van der Waals surface area contributed by atoms with Gasteiger partial charge >= 0.3 is 0 Å². The van der Waals surface area contributed by atoms with Crippen molar-refractivity contribution in [3.8, 4) is 0 Å². The summed E-state index contributed by atoms with van der Waals surface area (Å²) in [5.74, 6) is 0.232. The molecule has 0 spiro atoms. The number of carbonyl (C=O) groups excluding carboxylic acids is 1. The summed E-state index contributed by atoms with van der Waals surface area (Å²) in [5.41, 5.74) is 4.30. The van der Waals surface area contributed by atoms with Gasteiger partial charge in [-0.2, -0.15) is 0 Å². The first-order valence-corrected chi connectivity index (χ1v) is 9.85. The Labute approximate surface area is 173 Å². The van der Waals surface area contributed by atoms with Gasteiger partial charge < -0.3 is 4.42 Å². The van der Waals surface area contributed by atoms with Crippen LogP contribution in [0.25, 0.3) is 11.0 Å². The van der Waals surface area contributed by atoms with Crippen molar-refractivity contribution in [3.05, 3.63) is 105 Å². The van der Waals surface area contributed by atoms with Crippen LogP contribution in [0.2, 0.25) is 0 Å². The standard InChI is InChI=1S/C25H20N2O3/c1-14-7-10-17(11-8-14)22-21-23(28)18-13-15(2)9-12-19(18)30-24(21)25(29)27(22)20-6-4-5-16(3)26-20/h4-13,22H,1-3H3. The molecule has 0 bridgehead atoms. The predicted octanol–water partition coefficient (Wildman–Crippen LogP) is 4.86. The molecule has 5 nitrogen and oxygen atoms in total. The fraction of sp³-hybridized carbons (Fsp3) is 0.160. The summed E-state index contributed by atoms with van der Waals surface area (Å²) < 4.78 is 5.99. The van der Waals surface area contributed by atoms with Crippen molar-refractivity contribution in [2.24, 2.45) is 0 Å². The molecule has 1 aliphatic heterocycles. The molecule has 30 heavy (non-hydrogen) atoms. The Bertz CT molecular complexity index is 1370. The summed E-state index contributed by atoms with van der Waals surface area (Å²) in [6.45, 7) is 5.80. The highest BCUT2D eigenvalue weighted by Crippen LogP contribution is 2.40. The summed E-state index contributed by atoms with van der Waals surface area (Å²) in [6, 6.07) is 18.2. The lowest BCUT2D eigenvalue weighted by atomic mass is 9.97. The van der Waals surface area contributed by atoms with Gasteiger partial charge in [0.15, 0.2) is 5.43 Å². The number of amides is 1. The first kappa shape index (κ1) is 18.3. The van der Waals surface area contributed by atoms with E-state index >= 15 is 0 Å². The van der Waals surface area contributed by atoms with Crippen LogP contribution in [-0.4, -0.2) is 10.9 Å². The van der Waals surface area contributed by atoms with E-state index in [9.17, 15) is 9.59 Å². The highest BCUT2D eigenvalue weighted by molar-refractivity contribution is 6.10. The van der Waals surface area contributed by atoms with Crippen LogP contribution in [0, 0.1) is 20.8 Å². The Morgan fingerprint density at radius 2 is 1.63 bits per heavy atom. The quantitative estimate of drug-likeness (QED) is 0.485. The van der Waals surface area contributed by atoms with E-state index in [0.717, 1.165) is 22.4 Å². The van der Waals surface area contributed by atoms with E-state index in [4.69, 9.17) is 4.42 Å². The van der Waals surface area contributed by atoms with E-state index in [0.29, 0.717) is 22.4 Å². The molecule has 2 aromatic heterocycles. The largest absolute Gasteiger partial charge is 0.450 e. The minimum Gasteiger partial charge on any atom is -0.450 e. The molecule has 0 fully saturated rings. The van der Waals surface area contributed by atoms with Crippen molar-refractivity contribution < 1.29 is 9.21 Å². The zero-order chi connectivity index (χ0) is 21.0. The number of fused-ring (bicyclic) bond motifs is 2. The molecule has 5 heteroatoms. The smallest absolute Gasteiger partial charge is 0.296 e. The first-order chi connectivity index (χ1) is 14.4. The van der Waals surface area contributed by atoms with Crippen molar-refractivity contribution in [2.45, 2.75) is 26.8 Å². The van der Waals surface area contributed by atoms with E-state index in [1.165, 1.54) is 0 Å². The second-order valence-corrected chi connectivity index (χ2v) is 7.80. The number of hydrogen-bond donors (Lipinski definition) is 0. The molecule has 1 aliphatic rings. The molecular weight excluding hydrogens is 376 g/mol. The fourth-order valence-corrected chi connectivity index (χ4v) is 4.05. The van der Waals surface area contributed by atoms with Crippen LogP contribution in [0.1, 0.15) is 44.5 Å². The van der Waals surface area contributed by atoms with Crippen LogP contribution in [0.4, 0.5) is 5.82 Å². The average Bonchev–Trinajstić information content (AvgIpc) is 3.02. The van der Waals surface area contributed by atoms with Gasteiger partial charge in [0.1, 0.15) is 11.4 Å². The minimum absolute atomic E-state index is 0.0882. The Kier molecular flexibility index (Phi) is 4.07. The second kappa shape index (κ2) is 6.66. The minimum atomic E-state index is -0.594. The van der Waals surface area contributed by atoms with Crippen molar-refractivity contribution in [1.82, 2.24) is 4.98 Å². The highest BCUT2D eigenvalue weighted by atomic mass is 16.3. The second-order valence-electron chi connectivity index (χ2n) is 7.80. The van der Waals surface area contributed by atoms with Gasteiger partial charge in [-0.25, -0.2) is 4.98 Å². The summed E-state index contributed by atoms with van der Waals surface area (Å²) in [7, 11) is 0. The van der Waals surface area contributed by atoms with E-state index in [2.05, 4.69) is 4.98 Å². The number of benzene rings is 2. The number of rotatable bonds is 2. The Hall–Kier alpha value is -3.73. The highest BCUT2D eigenvalue weighted by Gasteiger charge is 2.44. The van der Waals surface area contributed by atoms with Gasteiger partial charge in [-0.15, -0.1) is 0 Å². The van der Waals surface area contributed by atoms with Crippen LogP contribution in [0.5, 0.6) is 0 Å². The topological polar surface area (TPSA) is 63.4 Å². The molecule has 1 atom stereocenters. The lowest BCUT2D eigenvalue weighted by Crippen LogP contribution is -2.30. The number of hydrogen-bond acceptors (Lipinski definition) is 4. The number of anilines is 1. The molecule has 1 amide bonds. The van der Waals surface area contributed by atoms with E-state index in [1.54, 1.807) is 17.0 Å². The van der Waals surface area contributed by atoms with Gasteiger partial charge in [-0.1, -0.05) is 47.5 Å². The summed E-state index contributed by atoms with van der Waals surface area (Å²) in [6.07, 6.45) is 0. The molecule has 3 heterocycles. The normalized spacial score (nSPS) is 15.6. The molecule has 148 valence electrons. The van der Waals surface area contributed by atoms with Gasteiger partial charge in [-0.3, -0.25) is 14.5 Å². The van der Waals surface area contributed by atoms with Crippen LogP contribution < -0.4 is 10.3 Å². The molecule has 2 aromatic carbocycles. The Morgan fingerprint density at radius 3 is 2.37 bits per heavy atom. The third kappa shape index (κ3) is 2.74. The molecule has 4 aromatic rings. The molecule has 5 rings (SSSR count). The van der Waals surface area contributed by atoms with E-state index in [1.807, 2.05) is 69.3 Å². The number of carbonyl (C=O) groups is 1. The predicted molar refractivity (Wildman–Crippen MR) is 116 cm³/mol. The lowest BCUT2D eigenvalue weighted by molar-refractivity contribution is 0.0970. The average molecular weight is 396 g/mol. The Balaban J connectivity index is 1.83. The van der Waals surface area contributed by atoms with Crippen molar-refractivity contribution in [1.29, 1.82) is 0 Å². The third-order valence-electron chi connectivity index (χ3n) is 5.54. The van der Waals surface area contributed by atoms with Crippen LogP contribution in [-0.2, 0) is 0 Å². The maximum atomic E-state index is 13.6. The molecule has 1 unspecified atom stereocenters. The van der Waals surface area contributed by atoms with Gasteiger partial charge in [0, 0.05) is 5.69 Å². The maximum absolute atomic E-state index is 13.6. The van der Waals surface area contributed by atoms with Crippen LogP contribution >= 0.6 is 0 Å². The molecule has 0 aliphatic carbocycles. The fourth-order valence-electron chi connectivity index (χ4n) is 4.05. The van der Waals surface area contributed by atoms with Gasteiger partial charge in [0.25, 0.3) is 5.91 Å². The number of aryl methyl sites for hydroxylation is 3. The SMILES string of the molecule is Cc1ccc(C2c3c(oc4ccc(C)cc4c3=O)C(=O)N2c2cccc(C)n2)cc1. The first-order valence-electron chi connectivity index (χ1n) is 9.85. The molecule has 0 saturated carbocycles. The van der Waals surface area contributed by atoms with Crippen molar-refractivity contribution in [3.63, 3.8) is 0 Å². The van der Waals surface area contributed by atoms with Crippen molar-refractivity contribution in [2.75, 3.05) is 4.90 Å². The van der Waals surface area contributed by atoms with Gasteiger partial charge in [-0.05, 0) is 50.6 Å². The van der Waals surface area contributed by atoms with Crippen LogP contribution in [0.3, 0.4) is 0 Å². The number of aromatic nitrogens is 1. The van der Waals surface area contributed by atoms with Gasteiger partial charge in [0.05, 0.1) is 17.0 Å². The summed E-state index contributed by atoms with van der Waals surface area (Å²) >= 11 is 0. The maximum Gasteiger partial charge on any atom is 0.296 e. The molecule has 0 radical (unpaired) electrons. The third-order valence-corrected chi connectivity index (χ3v) is 5.54. The monoisotopic (exact) mass is 396 g/mol. The van der Waals surface area contributed by atoms with Crippen LogP contribution in [0.15, 0.2) is 69.9 Å². The number of nitrogens with zero attached hydrogens (tertiary/aromatic N) is 2. The summed E-state index contributed by atoms with van der Waals surface area (Å²) in [5, 5.41) is 0.484. The zero-order valence-electron chi connectivity index (χ0n) is 17.0. The van der Waals surface area contributed by atoms with Gasteiger partial charge in [0.2, 0.25) is 5.76 Å². The molecule has 0 saturated heterocycles. The summed E-state index contributed by atoms with van der Waals surface area (Å²) in [4.78, 5) is 33.2. The Morgan fingerprint density at radius 1 is 0.900 bits per heavy atom. The van der Waals surface area contributed by atoms with E-state index < -0.39 is 6.04 Å². The number of pyridine rings is 1.